The molecule has 0 bridgehead atoms. The Balaban J connectivity index is 1.22. The molecule has 7 nitrogen and oxygen atoms in total. The number of nitrogens with zero attached hydrogens (tertiary/aromatic N) is 1. The molecule has 1 aliphatic rings. The van der Waals surface area contributed by atoms with Crippen molar-refractivity contribution >= 4 is 23.2 Å². The van der Waals surface area contributed by atoms with Gasteiger partial charge < -0.3 is 26.4 Å². The molecule has 1 aliphatic heterocycles. The number of aromatic nitrogens is 1. The molecule has 236 valence electrons. The molecule has 1 fully saturated rings. The second kappa shape index (κ2) is 15.5. The summed E-state index contributed by atoms with van der Waals surface area (Å²) >= 11 is 6.25. The zero-order valence-electron chi connectivity index (χ0n) is 24.5. The Kier molecular flexibility index (Phi) is 11.2. The normalized spacial score (nSPS) is 17.3. The van der Waals surface area contributed by atoms with Crippen LogP contribution in [-0.4, -0.2) is 48.8 Å². The molecule has 1 aromatic heterocycles. The zero-order valence-corrected chi connectivity index (χ0v) is 25.2. The van der Waals surface area contributed by atoms with Crippen LogP contribution in [0.3, 0.4) is 0 Å². The van der Waals surface area contributed by atoms with E-state index >= 15 is 4.39 Å². The van der Waals surface area contributed by atoms with Gasteiger partial charge in [-0.2, -0.15) is 0 Å². The van der Waals surface area contributed by atoms with Crippen molar-refractivity contribution in [3.63, 3.8) is 0 Å². The number of morpholine rings is 1. The molecule has 3 atom stereocenters. The van der Waals surface area contributed by atoms with Gasteiger partial charge in [-0.3, -0.25) is 9.78 Å². The van der Waals surface area contributed by atoms with E-state index in [9.17, 15) is 13.6 Å². The summed E-state index contributed by atoms with van der Waals surface area (Å²) in [5.74, 6) is -2.76. The third-order valence-electron chi connectivity index (χ3n) is 7.87. The number of nitrogens with one attached hydrogen (secondary N) is 3. The number of anilines is 1. The molecule has 1 amide bonds. The van der Waals surface area contributed by atoms with Gasteiger partial charge in [0.25, 0.3) is 0 Å². The Morgan fingerprint density at radius 1 is 0.956 bits per heavy atom. The van der Waals surface area contributed by atoms with E-state index < -0.39 is 35.3 Å². The first kappa shape index (κ1) is 32.6. The Morgan fingerprint density at radius 2 is 1.60 bits per heavy atom. The highest BCUT2D eigenvalue weighted by Crippen LogP contribution is 2.29. The molecule has 5 N–H and O–H groups in total. The Bertz CT molecular complexity index is 1530. The summed E-state index contributed by atoms with van der Waals surface area (Å²) < 4.78 is 48.7. The number of pyridine rings is 1. The van der Waals surface area contributed by atoms with Crippen LogP contribution in [0.1, 0.15) is 34.6 Å². The van der Waals surface area contributed by atoms with Gasteiger partial charge in [-0.05, 0) is 59.9 Å². The van der Waals surface area contributed by atoms with Crippen molar-refractivity contribution in [2.45, 2.75) is 43.6 Å². The SMILES string of the molecule is N[C@H](C(=O)Nc1cncc(F)c1CC[C@@H]1CNC[C@@H](CNCc2ccccc2Cl)O1)C(c1ccc(F)cc1)c1ccc(F)cc1. The number of carbonyl (C=O) groups excluding carboxylic acids is 1. The molecule has 0 saturated carbocycles. The fraction of sp³-hybridized carbons (Fsp3) is 0.294. The lowest BCUT2D eigenvalue weighted by atomic mass is 9.85. The summed E-state index contributed by atoms with van der Waals surface area (Å²) in [5, 5.41) is 10.2. The van der Waals surface area contributed by atoms with Crippen LogP contribution in [0.4, 0.5) is 18.9 Å². The summed E-state index contributed by atoms with van der Waals surface area (Å²) in [6.45, 7) is 2.51. The lowest BCUT2D eigenvalue weighted by molar-refractivity contribution is -0.117. The predicted molar refractivity (Wildman–Crippen MR) is 168 cm³/mol. The number of amides is 1. The molecule has 1 saturated heterocycles. The first-order valence-electron chi connectivity index (χ1n) is 14.8. The Morgan fingerprint density at radius 3 is 2.27 bits per heavy atom. The van der Waals surface area contributed by atoms with Gasteiger partial charge in [-0.25, -0.2) is 13.2 Å². The fourth-order valence-electron chi connectivity index (χ4n) is 5.52. The third-order valence-corrected chi connectivity index (χ3v) is 8.24. The van der Waals surface area contributed by atoms with Crippen LogP contribution >= 0.6 is 11.6 Å². The molecule has 5 rings (SSSR count). The molecule has 11 heteroatoms. The van der Waals surface area contributed by atoms with Gasteiger partial charge in [0.2, 0.25) is 5.91 Å². The molecule has 45 heavy (non-hydrogen) atoms. The summed E-state index contributed by atoms with van der Waals surface area (Å²) in [6, 6.07) is 17.7. The number of nitrogens with two attached hydrogens (primary N) is 1. The van der Waals surface area contributed by atoms with Gasteiger partial charge in [0.1, 0.15) is 17.5 Å². The van der Waals surface area contributed by atoms with Crippen LogP contribution in [0.5, 0.6) is 0 Å². The maximum atomic E-state index is 15.1. The van der Waals surface area contributed by atoms with Crippen LogP contribution in [0.2, 0.25) is 5.02 Å². The quantitative estimate of drug-likeness (QED) is 0.168. The lowest BCUT2D eigenvalue weighted by Gasteiger charge is -2.31. The number of ether oxygens (including phenoxy) is 1. The highest BCUT2D eigenvalue weighted by atomic mass is 35.5. The number of carbonyl (C=O) groups is 1. The molecule has 0 aliphatic carbocycles. The van der Waals surface area contributed by atoms with Crippen molar-refractivity contribution in [1.82, 2.24) is 15.6 Å². The number of benzene rings is 3. The van der Waals surface area contributed by atoms with Crippen molar-refractivity contribution in [2.24, 2.45) is 5.73 Å². The molecule has 0 spiro atoms. The van der Waals surface area contributed by atoms with Gasteiger partial charge in [0.05, 0.1) is 36.3 Å². The number of hydrogen-bond acceptors (Lipinski definition) is 6. The molecule has 2 heterocycles. The van der Waals surface area contributed by atoms with E-state index in [-0.39, 0.29) is 29.9 Å². The van der Waals surface area contributed by atoms with Gasteiger partial charge in [-0.1, -0.05) is 54.1 Å². The minimum Gasteiger partial charge on any atom is -0.371 e. The van der Waals surface area contributed by atoms with E-state index in [2.05, 4.69) is 20.9 Å². The smallest absolute Gasteiger partial charge is 0.242 e. The van der Waals surface area contributed by atoms with Crippen LogP contribution in [0.25, 0.3) is 0 Å². The van der Waals surface area contributed by atoms with E-state index in [0.29, 0.717) is 48.7 Å². The van der Waals surface area contributed by atoms with Gasteiger partial charge >= 0.3 is 0 Å². The lowest BCUT2D eigenvalue weighted by Crippen LogP contribution is -2.48. The summed E-state index contributed by atoms with van der Waals surface area (Å²) in [5.41, 5.74) is 9.11. The maximum Gasteiger partial charge on any atom is 0.242 e. The number of hydrogen-bond donors (Lipinski definition) is 4. The first-order valence-corrected chi connectivity index (χ1v) is 15.2. The second-order valence-corrected chi connectivity index (χ2v) is 11.4. The molecule has 4 aromatic rings. The van der Waals surface area contributed by atoms with Crippen molar-refractivity contribution in [2.75, 3.05) is 25.0 Å². The average Bonchev–Trinajstić information content (AvgIpc) is 3.04. The summed E-state index contributed by atoms with van der Waals surface area (Å²) in [7, 11) is 0. The monoisotopic (exact) mass is 637 g/mol. The van der Waals surface area contributed by atoms with Crippen LogP contribution in [0.15, 0.2) is 85.2 Å². The van der Waals surface area contributed by atoms with Crippen LogP contribution < -0.4 is 21.7 Å². The van der Waals surface area contributed by atoms with E-state index in [4.69, 9.17) is 22.1 Å². The maximum absolute atomic E-state index is 15.1. The summed E-state index contributed by atoms with van der Waals surface area (Å²) in [6.07, 6.45) is 3.01. The number of halogens is 4. The first-order chi connectivity index (χ1) is 21.8. The van der Waals surface area contributed by atoms with E-state index in [1.165, 1.54) is 54.7 Å². The minimum atomic E-state index is -1.16. The highest BCUT2D eigenvalue weighted by molar-refractivity contribution is 6.31. The molecular formula is C34H35ClF3N5O2. The van der Waals surface area contributed by atoms with Crippen LogP contribution in [-0.2, 0) is 22.5 Å². The highest BCUT2D eigenvalue weighted by Gasteiger charge is 2.29. The van der Waals surface area contributed by atoms with Crippen molar-refractivity contribution in [1.29, 1.82) is 0 Å². The molecular weight excluding hydrogens is 603 g/mol. The summed E-state index contributed by atoms with van der Waals surface area (Å²) in [4.78, 5) is 17.4. The minimum absolute atomic E-state index is 0.0828. The van der Waals surface area contributed by atoms with E-state index in [1.54, 1.807) is 0 Å². The third kappa shape index (κ3) is 8.68. The standard InChI is InChI=1S/C34H35ClF3N5O2/c35-29-4-2-1-3-23(29)15-40-17-27-18-41-16-26(45-27)13-14-28-30(38)19-42-20-31(28)43-34(44)33(39)32(21-5-9-24(36)10-6-21)22-7-11-25(37)12-8-22/h1-12,19-20,26-27,32-33,40-41H,13-18,39H2,(H,43,44)/t26-,27-,33+/m1/s1. The Hall–Kier alpha value is -3.80. The average molecular weight is 638 g/mol. The van der Waals surface area contributed by atoms with E-state index in [0.717, 1.165) is 11.8 Å². The van der Waals surface area contributed by atoms with Gasteiger partial charge in [0, 0.05) is 42.7 Å². The predicted octanol–water partition coefficient (Wildman–Crippen LogP) is 5.33. The molecule has 3 aromatic carbocycles. The van der Waals surface area contributed by atoms with E-state index in [1.807, 2.05) is 24.3 Å². The topological polar surface area (TPSA) is 101 Å². The fourth-order valence-corrected chi connectivity index (χ4v) is 5.72. The zero-order chi connectivity index (χ0) is 31.8. The second-order valence-electron chi connectivity index (χ2n) is 11.0. The Labute approximate surface area is 265 Å². The van der Waals surface area contributed by atoms with Crippen molar-refractivity contribution < 1.29 is 22.7 Å². The van der Waals surface area contributed by atoms with Gasteiger partial charge in [0.15, 0.2) is 0 Å². The molecule has 0 radical (unpaired) electrons. The van der Waals surface area contributed by atoms with Crippen molar-refractivity contribution in [3.8, 4) is 0 Å². The largest absolute Gasteiger partial charge is 0.371 e. The van der Waals surface area contributed by atoms with Crippen LogP contribution in [0, 0.1) is 17.5 Å². The molecule has 0 unspecified atom stereocenters. The number of rotatable bonds is 12. The van der Waals surface area contributed by atoms with Crippen molar-refractivity contribution in [3.05, 3.63) is 130 Å². The van der Waals surface area contributed by atoms with Gasteiger partial charge in [-0.15, -0.1) is 0 Å².